The Balaban J connectivity index is 1.83. The molecule has 0 saturated carbocycles. The fraction of sp³-hybridized carbons (Fsp3) is 0.286. The lowest BCUT2D eigenvalue weighted by Gasteiger charge is -2.10. The van der Waals surface area contributed by atoms with Crippen molar-refractivity contribution in [3.05, 3.63) is 34.8 Å². The van der Waals surface area contributed by atoms with Gasteiger partial charge in [0.15, 0.2) is 0 Å². The molecule has 5 nitrogen and oxygen atoms in total. The minimum absolute atomic E-state index is 0.00987. The number of rotatable bonds is 3. The van der Waals surface area contributed by atoms with E-state index in [0.717, 1.165) is 10.0 Å². The number of nitrogens with zero attached hydrogens (tertiary/aromatic N) is 2. The number of anilines is 1. The first kappa shape index (κ1) is 13.3. The van der Waals surface area contributed by atoms with Crippen LogP contribution < -0.4 is 4.90 Å². The summed E-state index contributed by atoms with van der Waals surface area (Å²) in [6, 6.07) is 9.45. The van der Waals surface area contributed by atoms with Crippen molar-refractivity contribution < 1.29 is 14.4 Å². The molecule has 1 aliphatic rings. The largest absolute Gasteiger partial charge is 0.396 e. The van der Waals surface area contributed by atoms with Gasteiger partial charge in [-0.3, -0.25) is 9.69 Å². The maximum absolute atomic E-state index is 11.9. The summed E-state index contributed by atoms with van der Waals surface area (Å²) in [5.74, 6) is 0.371. The summed E-state index contributed by atoms with van der Waals surface area (Å²) in [4.78, 5) is 13.4. The lowest BCUT2D eigenvalue weighted by molar-refractivity contribution is -0.117. The van der Waals surface area contributed by atoms with Gasteiger partial charge in [0.1, 0.15) is 5.69 Å². The molecule has 1 amide bonds. The molecule has 0 radical (unpaired) electrons. The van der Waals surface area contributed by atoms with E-state index >= 15 is 0 Å². The van der Waals surface area contributed by atoms with Gasteiger partial charge in [-0.1, -0.05) is 33.2 Å². The van der Waals surface area contributed by atoms with Gasteiger partial charge < -0.3 is 9.63 Å². The topological polar surface area (TPSA) is 66.6 Å². The SMILES string of the molecule is O=C1CC(CO)CN1c1cc(-c2ccc(Br)cc2)no1. The maximum atomic E-state index is 11.9. The first-order chi connectivity index (χ1) is 9.67. The van der Waals surface area contributed by atoms with Crippen LogP contribution in [-0.2, 0) is 4.79 Å². The Morgan fingerprint density at radius 2 is 2.15 bits per heavy atom. The zero-order valence-corrected chi connectivity index (χ0v) is 12.2. The molecule has 1 unspecified atom stereocenters. The highest BCUT2D eigenvalue weighted by Crippen LogP contribution is 2.29. The zero-order chi connectivity index (χ0) is 14.1. The van der Waals surface area contributed by atoms with E-state index < -0.39 is 0 Å². The van der Waals surface area contributed by atoms with E-state index in [-0.39, 0.29) is 18.4 Å². The smallest absolute Gasteiger partial charge is 0.234 e. The molecule has 1 saturated heterocycles. The number of aromatic nitrogens is 1. The van der Waals surface area contributed by atoms with E-state index in [0.29, 0.717) is 24.5 Å². The zero-order valence-electron chi connectivity index (χ0n) is 10.6. The van der Waals surface area contributed by atoms with Crippen LogP contribution in [-0.4, -0.2) is 29.3 Å². The summed E-state index contributed by atoms with van der Waals surface area (Å²) in [7, 11) is 0. The van der Waals surface area contributed by atoms with Crippen LogP contribution in [0, 0.1) is 5.92 Å². The molecule has 1 N–H and O–H groups in total. The van der Waals surface area contributed by atoms with Crippen molar-refractivity contribution in [2.24, 2.45) is 5.92 Å². The highest BCUT2D eigenvalue weighted by molar-refractivity contribution is 9.10. The van der Waals surface area contributed by atoms with Crippen molar-refractivity contribution in [3.8, 4) is 11.3 Å². The van der Waals surface area contributed by atoms with Crippen LogP contribution in [0.25, 0.3) is 11.3 Å². The minimum atomic E-state index is -0.0393. The Bertz CT molecular complexity index is 624. The number of carbonyl (C=O) groups excluding carboxylic acids is 1. The van der Waals surface area contributed by atoms with Crippen LogP contribution in [0.4, 0.5) is 5.88 Å². The number of aliphatic hydroxyl groups excluding tert-OH is 1. The molecule has 1 aliphatic heterocycles. The summed E-state index contributed by atoms with van der Waals surface area (Å²) in [5.41, 5.74) is 1.61. The van der Waals surface area contributed by atoms with Crippen molar-refractivity contribution >= 4 is 27.7 Å². The fourth-order valence-corrected chi connectivity index (χ4v) is 2.53. The fourth-order valence-electron chi connectivity index (χ4n) is 2.27. The van der Waals surface area contributed by atoms with Crippen molar-refractivity contribution in [2.45, 2.75) is 6.42 Å². The molecule has 6 heteroatoms. The molecule has 0 aliphatic carbocycles. The third-order valence-corrected chi connectivity index (χ3v) is 3.90. The standard InChI is InChI=1S/C14H13BrN2O3/c15-11-3-1-10(2-4-11)12-6-14(20-16-12)17-7-9(8-18)5-13(17)19/h1-4,6,9,18H,5,7-8H2. The molecule has 2 aromatic rings. The van der Waals surface area contributed by atoms with Crippen LogP contribution in [0.3, 0.4) is 0 Å². The number of amides is 1. The quantitative estimate of drug-likeness (QED) is 0.934. The molecule has 0 spiro atoms. The Kier molecular flexibility index (Phi) is 3.58. The van der Waals surface area contributed by atoms with Crippen LogP contribution >= 0.6 is 15.9 Å². The third-order valence-electron chi connectivity index (χ3n) is 3.37. The lowest BCUT2D eigenvalue weighted by atomic mass is 10.1. The second-order valence-corrected chi connectivity index (χ2v) is 5.73. The second kappa shape index (κ2) is 5.38. The molecule has 3 rings (SSSR count). The highest BCUT2D eigenvalue weighted by atomic mass is 79.9. The summed E-state index contributed by atoms with van der Waals surface area (Å²) in [6.07, 6.45) is 0.352. The predicted molar refractivity (Wildman–Crippen MR) is 77.2 cm³/mol. The van der Waals surface area contributed by atoms with E-state index in [1.807, 2.05) is 24.3 Å². The first-order valence-electron chi connectivity index (χ1n) is 6.31. The maximum Gasteiger partial charge on any atom is 0.234 e. The van der Waals surface area contributed by atoms with Gasteiger partial charge in [0.25, 0.3) is 0 Å². The Labute approximate surface area is 124 Å². The molecule has 1 atom stereocenters. The molecule has 104 valence electrons. The van der Waals surface area contributed by atoms with Crippen molar-refractivity contribution in [3.63, 3.8) is 0 Å². The van der Waals surface area contributed by atoms with Gasteiger partial charge in [0.2, 0.25) is 11.8 Å². The van der Waals surface area contributed by atoms with Gasteiger partial charge in [-0.25, -0.2) is 0 Å². The summed E-state index contributed by atoms with van der Waals surface area (Å²) >= 11 is 3.38. The van der Waals surface area contributed by atoms with E-state index in [1.54, 1.807) is 6.07 Å². The lowest BCUT2D eigenvalue weighted by Crippen LogP contribution is -2.24. The van der Waals surface area contributed by atoms with Gasteiger partial charge in [-0.05, 0) is 12.1 Å². The van der Waals surface area contributed by atoms with Crippen LogP contribution in [0.2, 0.25) is 0 Å². The van der Waals surface area contributed by atoms with Crippen LogP contribution in [0.1, 0.15) is 6.42 Å². The number of carbonyl (C=O) groups is 1. The molecular formula is C14H13BrN2O3. The average molecular weight is 337 g/mol. The summed E-state index contributed by atoms with van der Waals surface area (Å²) in [6.45, 7) is 0.486. The van der Waals surface area contributed by atoms with Gasteiger partial charge in [-0.2, -0.15) is 0 Å². The van der Waals surface area contributed by atoms with E-state index in [2.05, 4.69) is 21.1 Å². The molecular weight excluding hydrogens is 324 g/mol. The number of aliphatic hydroxyl groups is 1. The molecule has 1 aromatic heterocycles. The number of hydrogen-bond acceptors (Lipinski definition) is 4. The van der Waals surface area contributed by atoms with Crippen molar-refractivity contribution in [1.82, 2.24) is 5.16 Å². The van der Waals surface area contributed by atoms with E-state index in [1.165, 1.54) is 4.90 Å². The van der Waals surface area contributed by atoms with Gasteiger partial charge in [0, 0.05) is 41.6 Å². The van der Waals surface area contributed by atoms with Gasteiger partial charge in [-0.15, -0.1) is 0 Å². The van der Waals surface area contributed by atoms with Gasteiger partial charge >= 0.3 is 0 Å². The molecule has 1 fully saturated rings. The Morgan fingerprint density at radius 3 is 2.80 bits per heavy atom. The molecule has 2 heterocycles. The Morgan fingerprint density at radius 1 is 1.40 bits per heavy atom. The normalized spacial score (nSPS) is 18.8. The monoisotopic (exact) mass is 336 g/mol. The summed E-state index contributed by atoms with van der Waals surface area (Å²) in [5, 5.41) is 13.1. The predicted octanol–water partition coefficient (Wildman–Crippen LogP) is 2.45. The first-order valence-corrected chi connectivity index (χ1v) is 7.10. The highest BCUT2D eigenvalue weighted by Gasteiger charge is 2.32. The van der Waals surface area contributed by atoms with E-state index in [9.17, 15) is 4.79 Å². The second-order valence-electron chi connectivity index (χ2n) is 4.81. The number of benzene rings is 1. The molecule has 20 heavy (non-hydrogen) atoms. The average Bonchev–Trinajstić information content (AvgIpc) is 3.06. The minimum Gasteiger partial charge on any atom is -0.396 e. The molecule has 1 aromatic carbocycles. The van der Waals surface area contributed by atoms with E-state index in [4.69, 9.17) is 9.63 Å². The van der Waals surface area contributed by atoms with Crippen LogP contribution in [0.5, 0.6) is 0 Å². The number of hydrogen-bond donors (Lipinski definition) is 1. The van der Waals surface area contributed by atoms with Crippen molar-refractivity contribution in [2.75, 3.05) is 18.1 Å². The van der Waals surface area contributed by atoms with Gasteiger partial charge in [0.05, 0.1) is 0 Å². The van der Waals surface area contributed by atoms with Crippen LogP contribution in [0.15, 0.2) is 39.3 Å². The Hall–Kier alpha value is -1.66. The number of halogens is 1. The molecule has 0 bridgehead atoms. The third kappa shape index (κ3) is 2.48. The van der Waals surface area contributed by atoms with Crippen molar-refractivity contribution in [1.29, 1.82) is 0 Å². The summed E-state index contributed by atoms with van der Waals surface area (Å²) < 4.78 is 6.25.